The van der Waals surface area contributed by atoms with Crippen LogP contribution in [0, 0.1) is 0 Å². The molecule has 0 saturated carbocycles. The lowest BCUT2D eigenvalue weighted by Crippen LogP contribution is -2.39. The molecular weight excluding hydrogens is 380 g/mol. The quantitative estimate of drug-likeness (QED) is 0.616. The first kappa shape index (κ1) is 16.0. The minimum atomic E-state index is -4.25. The van der Waals surface area contributed by atoms with Crippen molar-refractivity contribution in [3.05, 3.63) is 35.4 Å². The maximum Gasteiger partial charge on any atom is 0.416 e. The van der Waals surface area contributed by atoms with Crippen LogP contribution in [0.4, 0.5) is 13.2 Å². The molecule has 0 unspecified atom stereocenters. The fraction of sp³-hybridized carbons (Fsp3) is 0.571. The summed E-state index contributed by atoms with van der Waals surface area (Å²) in [5, 5.41) is 3.48. The number of benzene rings is 1. The molecular formula is C14H18F3IN2. The Hall–Kier alpha value is -0.340. The van der Waals surface area contributed by atoms with Crippen molar-refractivity contribution in [2.24, 2.45) is 0 Å². The van der Waals surface area contributed by atoms with Gasteiger partial charge in [-0.1, -0.05) is 12.1 Å². The number of nitrogens with zero attached hydrogens (tertiary/aromatic N) is 1. The maximum atomic E-state index is 12.4. The van der Waals surface area contributed by atoms with Crippen LogP contribution in [0.1, 0.15) is 24.0 Å². The predicted octanol–water partition coefficient (Wildman–Crippen LogP) is 3.65. The number of halogens is 4. The molecule has 1 aromatic rings. The third-order valence-corrected chi connectivity index (χ3v) is 4.53. The Bertz CT molecular complexity index is 411. The van der Waals surface area contributed by atoms with Crippen LogP contribution in [0.5, 0.6) is 0 Å². The van der Waals surface area contributed by atoms with Crippen LogP contribution in [-0.2, 0) is 12.6 Å². The van der Waals surface area contributed by atoms with E-state index < -0.39 is 11.7 Å². The molecule has 0 radical (unpaired) electrons. The van der Waals surface area contributed by atoms with Gasteiger partial charge in [0, 0.05) is 42.0 Å². The van der Waals surface area contributed by atoms with Gasteiger partial charge in [-0.2, -0.15) is 13.2 Å². The van der Waals surface area contributed by atoms with Gasteiger partial charge in [-0.3, -0.25) is 0 Å². The smallest absolute Gasteiger partial charge is 0.314 e. The van der Waals surface area contributed by atoms with Crippen LogP contribution in [-0.4, -0.2) is 28.8 Å². The summed E-state index contributed by atoms with van der Waals surface area (Å²) in [6, 6.07) is 5.99. The standard InChI is InChI=1S/C14H18F3IN2/c15-14(16,17)12-3-1-11(2-4-12)5-8-19-13-6-9-20(18)10-7-13/h1-4,13,19H,5-10H2. The number of alkyl halides is 3. The molecule has 0 aromatic heterocycles. The van der Waals surface area contributed by atoms with E-state index in [1.165, 1.54) is 0 Å². The number of nitrogens with one attached hydrogen (secondary N) is 1. The fourth-order valence-electron chi connectivity index (χ4n) is 2.33. The highest BCUT2D eigenvalue weighted by Crippen LogP contribution is 2.29. The topological polar surface area (TPSA) is 15.3 Å². The first-order valence-electron chi connectivity index (χ1n) is 6.75. The zero-order chi connectivity index (χ0) is 14.6. The summed E-state index contributed by atoms with van der Waals surface area (Å²) in [7, 11) is 0. The Morgan fingerprint density at radius 1 is 1.15 bits per heavy atom. The number of hydrogen-bond acceptors (Lipinski definition) is 2. The highest BCUT2D eigenvalue weighted by atomic mass is 127. The van der Waals surface area contributed by atoms with E-state index in [0.717, 1.165) is 56.6 Å². The molecule has 1 saturated heterocycles. The first-order valence-corrected chi connectivity index (χ1v) is 7.72. The number of rotatable bonds is 4. The molecule has 2 nitrogen and oxygen atoms in total. The van der Waals surface area contributed by atoms with Crippen molar-refractivity contribution in [2.75, 3.05) is 19.6 Å². The van der Waals surface area contributed by atoms with E-state index in [9.17, 15) is 13.2 Å². The lowest BCUT2D eigenvalue weighted by Gasteiger charge is -2.28. The molecule has 112 valence electrons. The molecule has 6 heteroatoms. The SMILES string of the molecule is FC(F)(F)c1ccc(CCNC2CCN(I)CC2)cc1. The molecule has 2 rings (SSSR count). The summed E-state index contributed by atoms with van der Waals surface area (Å²) in [6.45, 7) is 3.01. The molecule has 0 amide bonds. The van der Waals surface area contributed by atoms with Crippen LogP contribution in [0.2, 0.25) is 0 Å². The Kier molecular flexibility index (Phi) is 5.68. The lowest BCUT2D eigenvalue weighted by atomic mass is 10.1. The lowest BCUT2D eigenvalue weighted by molar-refractivity contribution is -0.137. The first-order chi connectivity index (χ1) is 9.45. The minimum Gasteiger partial charge on any atom is -0.314 e. The Labute approximate surface area is 131 Å². The van der Waals surface area contributed by atoms with Crippen molar-refractivity contribution < 1.29 is 13.2 Å². The molecule has 1 heterocycles. The second kappa shape index (κ2) is 7.09. The van der Waals surface area contributed by atoms with E-state index >= 15 is 0 Å². The minimum absolute atomic E-state index is 0.537. The van der Waals surface area contributed by atoms with E-state index in [1.54, 1.807) is 12.1 Å². The number of piperidine rings is 1. The highest BCUT2D eigenvalue weighted by Gasteiger charge is 2.29. The third kappa shape index (κ3) is 4.89. The van der Waals surface area contributed by atoms with Gasteiger partial charge < -0.3 is 5.32 Å². The van der Waals surface area contributed by atoms with Gasteiger partial charge in [0.05, 0.1) is 5.56 Å². The van der Waals surface area contributed by atoms with Crippen LogP contribution < -0.4 is 5.32 Å². The van der Waals surface area contributed by atoms with Gasteiger partial charge in [-0.15, -0.1) is 0 Å². The molecule has 1 aliphatic rings. The van der Waals surface area contributed by atoms with Crippen LogP contribution >= 0.6 is 22.9 Å². The fourth-order valence-corrected chi connectivity index (χ4v) is 2.89. The molecule has 0 aliphatic carbocycles. The van der Waals surface area contributed by atoms with Crippen molar-refractivity contribution >= 4 is 22.9 Å². The van der Waals surface area contributed by atoms with E-state index in [4.69, 9.17) is 0 Å². The van der Waals surface area contributed by atoms with E-state index in [2.05, 4.69) is 31.3 Å². The summed E-state index contributed by atoms with van der Waals surface area (Å²) in [4.78, 5) is 0. The summed E-state index contributed by atoms with van der Waals surface area (Å²) in [5.74, 6) is 0. The van der Waals surface area contributed by atoms with Gasteiger partial charge in [0.25, 0.3) is 0 Å². The molecule has 20 heavy (non-hydrogen) atoms. The molecule has 1 fully saturated rings. The summed E-state index contributed by atoms with van der Waals surface area (Å²) in [5.41, 5.74) is 0.362. The summed E-state index contributed by atoms with van der Waals surface area (Å²) < 4.78 is 39.6. The third-order valence-electron chi connectivity index (χ3n) is 3.57. The summed E-state index contributed by atoms with van der Waals surface area (Å²) >= 11 is 2.34. The molecule has 1 aliphatic heterocycles. The van der Waals surface area contributed by atoms with Crippen LogP contribution in [0.3, 0.4) is 0 Å². The average molecular weight is 398 g/mol. The van der Waals surface area contributed by atoms with Crippen molar-refractivity contribution in [1.82, 2.24) is 8.43 Å². The molecule has 1 aromatic carbocycles. The predicted molar refractivity (Wildman–Crippen MR) is 81.8 cm³/mol. The van der Waals surface area contributed by atoms with Crippen LogP contribution in [0.15, 0.2) is 24.3 Å². The van der Waals surface area contributed by atoms with Crippen LogP contribution in [0.25, 0.3) is 0 Å². The Balaban J connectivity index is 1.74. The van der Waals surface area contributed by atoms with Gasteiger partial charge >= 0.3 is 6.18 Å². The highest BCUT2D eigenvalue weighted by molar-refractivity contribution is 14.1. The zero-order valence-electron chi connectivity index (χ0n) is 11.1. The van der Waals surface area contributed by atoms with Gasteiger partial charge in [-0.05, 0) is 43.5 Å². The molecule has 1 N–H and O–H groups in total. The zero-order valence-corrected chi connectivity index (χ0v) is 13.2. The molecule has 0 spiro atoms. The van der Waals surface area contributed by atoms with E-state index in [0.29, 0.717) is 6.04 Å². The van der Waals surface area contributed by atoms with Gasteiger partial charge in [0.2, 0.25) is 0 Å². The normalized spacial score (nSPS) is 18.4. The average Bonchev–Trinajstić information content (AvgIpc) is 2.41. The summed E-state index contributed by atoms with van der Waals surface area (Å²) in [6.07, 6.45) is -1.21. The Morgan fingerprint density at radius 2 is 1.75 bits per heavy atom. The van der Waals surface area contributed by atoms with Gasteiger partial charge in [0.1, 0.15) is 0 Å². The number of hydrogen-bond donors (Lipinski definition) is 1. The second-order valence-electron chi connectivity index (χ2n) is 5.08. The second-order valence-corrected chi connectivity index (χ2v) is 6.45. The van der Waals surface area contributed by atoms with Crippen molar-refractivity contribution in [3.8, 4) is 0 Å². The monoisotopic (exact) mass is 398 g/mol. The van der Waals surface area contributed by atoms with Gasteiger partial charge in [0.15, 0.2) is 0 Å². The Morgan fingerprint density at radius 3 is 2.30 bits per heavy atom. The van der Waals surface area contributed by atoms with Gasteiger partial charge in [-0.25, -0.2) is 3.11 Å². The van der Waals surface area contributed by atoms with Crippen molar-refractivity contribution in [2.45, 2.75) is 31.5 Å². The largest absolute Gasteiger partial charge is 0.416 e. The maximum absolute atomic E-state index is 12.4. The molecule has 0 atom stereocenters. The van der Waals surface area contributed by atoms with Crippen molar-refractivity contribution in [1.29, 1.82) is 0 Å². The van der Waals surface area contributed by atoms with E-state index in [-0.39, 0.29) is 0 Å². The van der Waals surface area contributed by atoms with Crippen molar-refractivity contribution in [3.63, 3.8) is 0 Å². The van der Waals surface area contributed by atoms with E-state index in [1.807, 2.05) is 0 Å². The molecule has 0 bridgehead atoms.